The van der Waals surface area contributed by atoms with Gasteiger partial charge < -0.3 is 14.8 Å². The number of nitrogens with one attached hydrogen (secondary N) is 1. The molecule has 1 aromatic heterocycles. The molecule has 0 radical (unpaired) electrons. The lowest BCUT2D eigenvalue weighted by atomic mass is 10.0. The number of amides is 1. The Morgan fingerprint density at radius 1 is 1.28 bits per heavy atom. The first kappa shape index (κ1) is 13.4. The molecule has 0 aliphatic carbocycles. The van der Waals surface area contributed by atoms with Crippen LogP contribution in [0.3, 0.4) is 0 Å². The quantitative estimate of drug-likeness (QED) is 0.827. The van der Waals surface area contributed by atoms with Crippen LogP contribution >= 0.6 is 12.4 Å². The predicted octanol–water partition coefficient (Wildman–Crippen LogP) is 1.05. The van der Waals surface area contributed by atoms with E-state index in [9.17, 15) is 4.79 Å². The van der Waals surface area contributed by atoms with Crippen LogP contribution in [0.2, 0.25) is 0 Å². The Kier molecular flexibility index (Phi) is 3.69. The van der Waals surface area contributed by atoms with Gasteiger partial charge >= 0.3 is 0 Å². The van der Waals surface area contributed by atoms with Crippen molar-refractivity contribution in [2.45, 2.75) is 6.92 Å². The van der Waals surface area contributed by atoms with E-state index in [2.05, 4.69) is 5.32 Å². The van der Waals surface area contributed by atoms with Crippen molar-refractivity contribution in [1.82, 2.24) is 14.8 Å². The third-order valence-electron chi connectivity index (χ3n) is 4.27. The van der Waals surface area contributed by atoms with Gasteiger partial charge in [-0.1, -0.05) is 0 Å². The Morgan fingerprint density at radius 3 is 2.39 bits per heavy atom. The van der Waals surface area contributed by atoms with Crippen LogP contribution in [0, 0.1) is 18.8 Å². The molecule has 0 spiro atoms. The van der Waals surface area contributed by atoms with E-state index in [1.165, 1.54) is 0 Å². The molecule has 18 heavy (non-hydrogen) atoms. The Balaban J connectivity index is 0.00000120. The number of hydrogen-bond donors (Lipinski definition) is 1. The van der Waals surface area contributed by atoms with Crippen molar-refractivity contribution in [3.05, 3.63) is 23.5 Å². The number of halogens is 1. The fourth-order valence-electron chi connectivity index (χ4n) is 3.01. The van der Waals surface area contributed by atoms with Gasteiger partial charge in [-0.25, -0.2) is 0 Å². The normalized spacial score (nSPS) is 26.0. The highest BCUT2D eigenvalue weighted by molar-refractivity contribution is 5.93. The fourth-order valence-corrected chi connectivity index (χ4v) is 3.01. The summed E-state index contributed by atoms with van der Waals surface area (Å²) < 4.78 is 1.98. The predicted molar refractivity (Wildman–Crippen MR) is 73.2 cm³/mol. The van der Waals surface area contributed by atoms with Gasteiger partial charge in [0.15, 0.2) is 0 Å². The SMILES string of the molecule is Cc1ccc(C(=O)N2C[C@H]3CNC[C@H]3C2)n1C.Cl. The second kappa shape index (κ2) is 4.94. The van der Waals surface area contributed by atoms with Crippen molar-refractivity contribution in [1.29, 1.82) is 0 Å². The number of likely N-dealkylation sites (tertiary alicyclic amines) is 1. The first-order valence-electron chi connectivity index (χ1n) is 6.29. The molecule has 1 N–H and O–H groups in total. The van der Waals surface area contributed by atoms with Crippen LogP contribution in [0.4, 0.5) is 0 Å². The average molecular weight is 270 g/mol. The summed E-state index contributed by atoms with van der Waals surface area (Å²) in [5.74, 6) is 1.52. The molecule has 5 heteroatoms. The molecule has 3 rings (SSSR count). The first-order valence-corrected chi connectivity index (χ1v) is 6.29. The van der Waals surface area contributed by atoms with Crippen LogP contribution < -0.4 is 5.32 Å². The molecule has 100 valence electrons. The van der Waals surface area contributed by atoms with Crippen molar-refractivity contribution < 1.29 is 4.79 Å². The van der Waals surface area contributed by atoms with Crippen LogP contribution in [0.25, 0.3) is 0 Å². The molecule has 2 aliphatic rings. The van der Waals surface area contributed by atoms with Crippen LogP contribution in [-0.2, 0) is 7.05 Å². The second-order valence-electron chi connectivity index (χ2n) is 5.31. The van der Waals surface area contributed by atoms with Crippen molar-refractivity contribution in [2.24, 2.45) is 18.9 Å². The molecule has 2 aliphatic heterocycles. The lowest BCUT2D eigenvalue weighted by molar-refractivity contribution is 0.0772. The zero-order valence-electron chi connectivity index (χ0n) is 10.8. The minimum absolute atomic E-state index is 0. The summed E-state index contributed by atoms with van der Waals surface area (Å²) >= 11 is 0. The molecule has 1 amide bonds. The standard InChI is InChI=1S/C13H19N3O.ClH/c1-9-3-4-12(15(9)2)13(17)16-7-10-5-14-6-11(10)8-16;/h3-4,10-11,14H,5-8H2,1-2H3;1H/t10-,11+;. The van der Waals surface area contributed by atoms with Gasteiger partial charge in [-0.05, 0) is 30.9 Å². The molecule has 2 fully saturated rings. The van der Waals surface area contributed by atoms with Gasteiger partial charge in [0.2, 0.25) is 0 Å². The summed E-state index contributed by atoms with van der Waals surface area (Å²) in [6.07, 6.45) is 0. The maximum Gasteiger partial charge on any atom is 0.270 e. The average Bonchev–Trinajstić information content (AvgIpc) is 2.94. The van der Waals surface area contributed by atoms with Crippen LogP contribution in [0.5, 0.6) is 0 Å². The number of fused-ring (bicyclic) bond motifs is 1. The Bertz CT molecular complexity index is 445. The van der Waals surface area contributed by atoms with E-state index in [1.54, 1.807) is 0 Å². The zero-order valence-corrected chi connectivity index (χ0v) is 11.7. The number of carbonyl (C=O) groups excluding carboxylic acids is 1. The molecule has 2 saturated heterocycles. The molecular weight excluding hydrogens is 250 g/mol. The monoisotopic (exact) mass is 269 g/mol. The van der Waals surface area contributed by atoms with Crippen molar-refractivity contribution in [2.75, 3.05) is 26.2 Å². The molecule has 4 nitrogen and oxygen atoms in total. The van der Waals surface area contributed by atoms with Gasteiger partial charge in [0, 0.05) is 38.9 Å². The van der Waals surface area contributed by atoms with E-state index < -0.39 is 0 Å². The third kappa shape index (κ3) is 2.04. The number of hydrogen-bond acceptors (Lipinski definition) is 2. The molecule has 3 heterocycles. The van der Waals surface area contributed by atoms with Gasteiger partial charge in [0.1, 0.15) is 5.69 Å². The second-order valence-corrected chi connectivity index (χ2v) is 5.31. The summed E-state index contributed by atoms with van der Waals surface area (Å²) in [7, 11) is 1.96. The minimum Gasteiger partial charge on any atom is -0.344 e. The summed E-state index contributed by atoms with van der Waals surface area (Å²) in [5.41, 5.74) is 1.95. The van der Waals surface area contributed by atoms with Gasteiger partial charge in [-0.15, -0.1) is 12.4 Å². The molecular formula is C13H20ClN3O. The number of nitrogens with zero attached hydrogens (tertiary/aromatic N) is 2. The molecule has 0 unspecified atom stereocenters. The van der Waals surface area contributed by atoms with Crippen LogP contribution in [0.1, 0.15) is 16.2 Å². The lowest BCUT2D eigenvalue weighted by Gasteiger charge is -2.18. The summed E-state index contributed by atoms with van der Waals surface area (Å²) in [6.45, 7) is 6.00. The summed E-state index contributed by atoms with van der Waals surface area (Å²) in [4.78, 5) is 14.4. The minimum atomic E-state index is 0. The van der Waals surface area contributed by atoms with Gasteiger partial charge in [0.05, 0.1) is 0 Å². The van der Waals surface area contributed by atoms with Crippen LogP contribution in [-0.4, -0.2) is 41.6 Å². The van der Waals surface area contributed by atoms with Crippen molar-refractivity contribution >= 4 is 18.3 Å². The van der Waals surface area contributed by atoms with Gasteiger partial charge in [-0.3, -0.25) is 4.79 Å². The van der Waals surface area contributed by atoms with Gasteiger partial charge in [0.25, 0.3) is 5.91 Å². The van der Waals surface area contributed by atoms with E-state index in [0.29, 0.717) is 11.8 Å². The van der Waals surface area contributed by atoms with Crippen molar-refractivity contribution in [3.8, 4) is 0 Å². The highest BCUT2D eigenvalue weighted by atomic mass is 35.5. The Hall–Kier alpha value is -1.00. The lowest BCUT2D eigenvalue weighted by Crippen LogP contribution is -2.33. The van der Waals surface area contributed by atoms with E-state index >= 15 is 0 Å². The molecule has 0 bridgehead atoms. The Morgan fingerprint density at radius 2 is 1.89 bits per heavy atom. The fraction of sp³-hybridized carbons (Fsp3) is 0.615. The maximum atomic E-state index is 12.4. The highest BCUT2D eigenvalue weighted by Crippen LogP contribution is 2.27. The molecule has 0 aromatic carbocycles. The summed E-state index contributed by atoms with van der Waals surface area (Å²) in [6, 6.07) is 3.94. The molecule has 0 saturated carbocycles. The summed E-state index contributed by atoms with van der Waals surface area (Å²) in [5, 5.41) is 3.40. The molecule has 2 atom stereocenters. The topological polar surface area (TPSA) is 37.3 Å². The van der Waals surface area contributed by atoms with E-state index in [4.69, 9.17) is 0 Å². The number of aryl methyl sites for hydroxylation is 1. The largest absolute Gasteiger partial charge is 0.344 e. The van der Waals surface area contributed by atoms with E-state index in [1.807, 2.05) is 35.6 Å². The zero-order chi connectivity index (χ0) is 12.0. The smallest absolute Gasteiger partial charge is 0.270 e. The maximum absolute atomic E-state index is 12.4. The van der Waals surface area contributed by atoms with Gasteiger partial charge in [-0.2, -0.15) is 0 Å². The highest BCUT2D eigenvalue weighted by Gasteiger charge is 2.38. The van der Waals surface area contributed by atoms with E-state index in [-0.39, 0.29) is 18.3 Å². The van der Waals surface area contributed by atoms with E-state index in [0.717, 1.165) is 37.6 Å². The number of rotatable bonds is 1. The van der Waals surface area contributed by atoms with Crippen molar-refractivity contribution in [3.63, 3.8) is 0 Å². The molecule has 1 aromatic rings. The third-order valence-corrected chi connectivity index (χ3v) is 4.27. The number of carbonyl (C=O) groups is 1. The van der Waals surface area contributed by atoms with Crippen LogP contribution in [0.15, 0.2) is 12.1 Å². The number of aromatic nitrogens is 1. The Labute approximate surface area is 114 Å². The first-order chi connectivity index (χ1) is 8.16.